The normalized spacial score (nSPS) is 16.3. The Morgan fingerprint density at radius 3 is 2.62 bits per heavy atom. The van der Waals surface area contributed by atoms with Gasteiger partial charge in [-0.1, -0.05) is 6.07 Å². The van der Waals surface area contributed by atoms with E-state index >= 15 is 0 Å². The minimum absolute atomic E-state index is 0.554. The lowest BCUT2D eigenvalue weighted by molar-refractivity contribution is 0.573. The van der Waals surface area contributed by atoms with Crippen molar-refractivity contribution in [3.8, 4) is 0 Å². The van der Waals surface area contributed by atoms with E-state index in [4.69, 9.17) is 15.0 Å². The van der Waals surface area contributed by atoms with Crippen LogP contribution >= 0.6 is 0 Å². The number of aromatic nitrogens is 5. The molecule has 0 unspecified atom stereocenters. The molecule has 1 saturated heterocycles. The lowest BCUT2D eigenvalue weighted by Gasteiger charge is -2.28. The van der Waals surface area contributed by atoms with E-state index < -0.39 is 0 Å². The van der Waals surface area contributed by atoms with E-state index in [0.717, 1.165) is 47.6 Å². The van der Waals surface area contributed by atoms with E-state index in [2.05, 4.69) is 32.7 Å². The molecule has 0 aromatic carbocycles. The third kappa shape index (κ3) is 4.08. The van der Waals surface area contributed by atoms with E-state index in [-0.39, 0.29) is 0 Å². The van der Waals surface area contributed by atoms with Gasteiger partial charge in [0.2, 0.25) is 5.95 Å². The number of nitrogens with zero attached hydrogens (tertiary/aromatic N) is 6. The third-order valence-corrected chi connectivity index (χ3v) is 6.07. The highest BCUT2D eigenvalue weighted by atomic mass is 15.3. The fraction of sp³-hybridized carbons (Fsp3) is 0.333. The first-order valence-corrected chi connectivity index (χ1v) is 11.4. The summed E-state index contributed by atoms with van der Waals surface area (Å²) in [6.45, 7) is 2.04. The molecule has 1 aliphatic heterocycles. The quantitative estimate of drug-likeness (QED) is 0.455. The van der Waals surface area contributed by atoms with Gasteiger partial charge in [0.1, 0.15) is 23.1 Å². The number of anilines is 5. The maximum absolute atomic E-state index is 4.83. The summed E-state index contributed by atoms with van der Waals surface area (Å²) in [4.78, 5) is 21.1. The molecular formula is C24H26N8. The number of piperidine rings is 1. The van der Waals surface area contributed by atoms with E-state index in [1.807, 2.05) is 41.1 Å². The number of pyridine rings is 2. The van der Waals surface area contributed by atoms with Crippen LogP contribution in [0.5, 0.6) is 0 Å². The average Bonchev–Trinajstić information content (AvgIpc) is 3.57. The Kier molecular flexibility index (Phi) is 4.82. The van der Waals surface area contributed by atoms with Gasteiger partial charge in [0.15, 0.2) is 0 Å². The first kappa shape index (κ1) is 19.0. The zero-order valence-electron chi connectivity index (χ0n) is 17.9. The predicted molar refractivity (Wildman–Crippen MR) is 126 cm³/mol. The van der Waals surface area contributed by atoms with Crippen LogP contribution < -0.4 is 15.5 Å². The van der Waals surface area contributed by atoms with Crippen molar-refractivity contribution in [2.45, 2.75) is 38.0 Å². The molecule has 2 aliphatic rings. The van der Waals surface area contributed by atoms with Crippen molar-refractivity contribution >= 4 is 34.7 Å². The van der Waals surface area contributed by atoms with E-state index in [0.29, 0.717) is 11.9 Å². The first-order chi connectivity index (χ1) is 15.8. The van der Waals surface area contributed by atoms with Crippen LogP contribution in [-0.4, -0.2) is 37.4 Å². The van der Waals surface area contributed by atoms with Gasteiger partial charge in [-0.25, -0.2) is 9.97 Å². The predicted octanol–water partition coefficient (Wildman–Crippen LogP) is 4.87. The Labute approximate surface area is 186 Å². The molecule has 0 amide bonds. The van der Waals surface area contributed by atoms with Crippen LogP contribution in [-0.2, 0) is 0 Å². The molecule has 0 atom stereocenters. The number of nitrogens with one attached hydrogen (secondary N) is 2. The van der Waals surface area contributed by atoms with Gasteiger partial charge < -0.3 is 19.9 Å². The fourth-order valence-corrected chi connectivity index (χ4v) is 4.22. The zero-order valence-corrected chi connectivity index (χ0v) is 17.9. The maximum Gasteiger partial charge on any atom is 0.232 e. The zero-order chi connectivity index (χ0) is 21.3. The highest BCUT2D eigenvalue weighted by Crippen LogP contribution is 2.39. The summed E-state index contributed by atoms with van der Waals surface area (Å²) in [5.74, 6) is 3.63. The summed E-state index contributed by atoms with van der Waals surface area (Å²) in [5, 5.41) is 6.78. The topological polar surface area (TPSA) is 83.3 Å². The standard InChI is InChI=1S/C24H26N8/c1-2-11-31(12-3-1)23-16-21(26-18-9-13-32-14-10-25-22(32)15-18)29-24(30-23)28-20-6-4-5-19(27-20)17-7-8-17/h4-6,9-10,13-17H,1-3,7-8,11-12H2,(H2,26,27,28,29,30). The lowest BCUT2D eigenvalue weighted by atomic mass is 10.1. The highest BCUT2D eigenvalue weighted by molar-refractivity contribution is 5.65. The molecule has 0 bridgehead atoms. The molecule has 6 rings (SSSR count). The smallest absolute Gasteiger partial charge is 0.232 e. The van der Waals surface area contributed by atoms with Crippen molar-refractivity contribution in [2.75, 3.05) is 28.6 Å². The molecule has 2 N–H and O–H groups in total. The second-order valence-corrected chi connectivity index (χ2v) is 8.56. The van der Waals surface area contributed by atoms with E-state index in [9.17, 15) is 0 Å². The molecule has 5 heterocycles. The molecular weight excluding hydrogens is 400 g/mol. The molecule has 1 saturated carbocycles. The number of rotatable bonds is 6. The summed E-state index contributed by atoms with van der Waals surface area (Å²) >= 11 is 0. The summed E-state index contributed by atoms with van der Waals surface area (Å²) < 4.78 is 1.98. The minimum atomic E-state index is 0.554. The molecule has 2 fully saturated rings. The van der Waals surface area contributed by atoms with Gasteiger partial charge in [0.05, 0.1) is 0 Å². The second kappa shape index (κ2) is 8.11. The van der Waals surface area contributed by atoms with Crippen LogP contribution in [0.3, 0.4) is 0 Å². The minimum Gasteiger partial charge on any atom is -0.356 e. The summed E-state index contributed by atoms with van der Waals surface area (Å²) in [6, 6.07) is 12.2. The van der Waals surface area contributed by atoms with Gasteiger partial charge >= 0.3 is 0 Å². The van der Waals surface area contributed by atoms with Crippen LogP contribution in [0.15, 0.2) is 55.0 Å². The van der Waals surface area contributed by atoms with E-state index in [1.54, 1.807) is 6.20 Å². The van der Waals surface area contributed by atoms with Crippen molar-refractivity contribution < 1.29 is 0 Å². The van der Waals surface area contributed by atoms with Crippen LogP contribution in [0.1, 0.15) is 43.7 Å². The Balaban J connectivity index is 1.32. The molecule has 32 heavy (non-hydrogen) atoms. The number of hydrogen-bond acceptors (Lipinski definition) is 7. The molecule has 8 nitrogen and oxygen atoms in total. The molecule has 4 aromatic heterocycles. The molecule has 0 radical (unpaired) electrons. The third-order valence-electron chi connectivity index (χ3n) is 6.07. The second-order valence-electron chi connectivity index (χ2n) is 8.56. The number of imidazole rings is 1. The van der Waals surface area contributed by atoms with Gasteiger partial charge in [0.25, 0.3) is 0 Å². The van der Waals surface area contributed by atoms with Gasteiger partial charge in [-0.3, -0.25) is 0 Å². The maximum atomic E-state index is 4.83. The Bertz CT molecular complexity index is 1240. The van der Waals surface area contributed by atoms with Gasteiger partial charge in [-0.15, -0.1) is 0 Å². The summed E-state index contributed by atoms with van der Waals surface area (Å²) in [6.07, 6.45) is 11.8. The molecule has 1 aliphatic carbocycles. The van der Waals surface area contributed by atoms with Crippen molar-refractivity contribution in [3.05, 3.63) is 60.7 Å². The van der Waals surface area contributed by atoms with Crippen LogP contribution in [0.2, 0.25) is 0 Å². The Morgan fingerprint density at radius 2 is 1.75 bits per heavy atom. The van der Waals surface area contributed by atoms with Crippen molar-refractivity contribution in [2.24, 2.45) is 0 Å². The highest BCUT2D eigenvalue weighted by Gasteiger charge is 2.25. The fourth-order valence-electron chi connectivity index (χ4n) is 4.22. The molecule has 4 aromatic rings. The number of hydrogen-bond donors (Lipinski definition) is 2. The van der Waals surface area contributed by atoms with Gasteiger partial charge in [0, 0.05) is 61.1 Å². The van der Waals surface area contributed by atoms with Crippen molar-refractivity contribution in [1.29, 1.82) is 0 Å². The van der Waals surface area contributed by atoms with Crippen LogP contribution in [0, 0.1) is 0 Å². The molecule has 8 heteroatoms. The first-order valence-electron chi connectivity index (χ1n) is 11.4. The molecule has 162 valence electrons. The van der Waals surface area contributed by atoms with E-state index in [1.165, 1.54) is 32.1 Å². The monoisotopic (exact) mass is 426 g/mol. The largest absolute Gasteiger partial charge is 0.356 e. The summed E-state index contributed by atoms with van der Waals surface area (Å²) in [5.41, 5.74) is 2.97. The lowest BCUT2D eigenvalue weighted by Crippen LogP contribution is -2.30. The van der Waals surface area contributed by atoms with Crippen LogP contribution in [0.25, 0.3) is 5.65 Å². The van der Waals surface area contributed by atoms with Gasteiger partial charge in [-0.05, 0) is 50.3 Å². The van der Waals surface area contributed by atoms with Gasteiger partial charge in [-0.2, -0.15) is 9.97 Å². The van der Waals surface area contributed by atoms with Crippen LogP contribution in [0.4, 0.5) is 29.1 Å². The average molecular weight is 427 g/mol. The summed E-state index contributed by atoms with van der Waals surface area (Å²) in [7, 11) is 0. The Morgan fingerprint density at radius 1 is 0.844 bits per heavy atom. The SMILES string of the molecule is c1cc(Nc2nc(Nc3ccn4ccnc4c3)cc(N3CCCCC3)n2)nc(C2CC2)c1. The van der Waals surface area contributed by atoms with Crippen molar-refractivity contribution in [3.63, 3.8) is 0 Å². The molecule has 0 spiro atoms. The number of fused-ring (bicyclic) bond motifs is 1. The Hall–Kier alpha value is -3.68. The van der Waals surface area contributed by atoms with Crippen molar-refractivity contribution in [1.82, 2.24) is 24.3 Å².